The van der Waals surface area contributed by atoms with E-state index in [1.165, 1.54) is 17.1 Å². The summed E-state index contributed by atoms with van der Waals surface area (Å²) in [6.07, 6.45) is 4.10. The Morgan fingerprint density at radius 3 is 2.69 bits per heavy atom. The molecule has 1 N–H and O–H groups in total. The van der Waals surface area contributed by atoms with Crippen molar-refractivity contribution in [1.82, 2.24) is 14.2 Å². The molecule has 0 bridgehead atoms. The lowest BCUT2D eigenvalue weighted by atomic mass is 9.71. The fraction of sp³-hybridized carbons (Fsp3) is 0.500. The molecule has 0 radical (unpaired) electrons. The average Bonchev–Trinajstić information content (AvgIpc) is 3.18. The third-order valence-corrected chi connectivity index (χ3v) is 6.46. The van der Waals surface area contributed by atoms with Crippen LogP contribution in [-0.4, -0.2) is 57.5 Å². The molecule has 2 fully saturated rings. The summed E-state index contributed by atoms with van der Waals surface area (Å²) < 4.78 is 4.04. The first-order valence-corrected chi connectivity index (χ1v) is 10.1. The minimum Gasteiger partial charge on any atom is -0.391 e. The Morgan fingerprint density at radius 2 is 2.00 bits per heavy atom. The molecule has 1 spiro atoms. The lowest BCUT2D eigenvalue weighted by Crippen LogP contribution is -2.55. The van der Waals surface area contributed by atoms with E-state index in [9.17, 15) is 9.90 Å². The van der Waals surface area contributed by atoms with E-state index in [4.69, 9.17) is 0 Å². The molecule has 5 nitrogen and oxygen atoms in total. The fourth-order valence-corrected chi connectivity index (χ4v) is 4.94. The van der Waals surface area contributed by atoms with Crippen molar-refractivity contribution < 1.29 is 9.90 Å². The van der Waals surface area contributed by atoms with Crippen LogP contribution in [0.15, 0.2) is 42.6 Å². The van der Waals surface area contributed by atoms with Crippen LogP contribution in [0.25, 0.3) is 0 Å². The summed E-state index contributed by atoms with van der Waals surface area (Å²) in [7, 11) is 0. The molecular formula is C20H25N3O2S. The zero-order valence-corrected chi connectivity index (χ0v) is 15.7. The molecule has 1 amide bonds. The van der Waals surface area contributed by atoms with Crippen LogP contribution >= 0.6 is 11.5 Å². The summed E-state index contributed by atoms with van der Waals surface area (Å²) in [6.45, 7) is 4.20. The lowest BCUT2D eigenvalue weighted by Gasteiger charge is -2.49. The largest absolute Gasteiger partial charge is 0.391 e. The number of rotatable bonds is 3. The minimum atomic E-state index is -0.429. The summed E-state index contributed by atoms with van der Waals surface area (Å²) in [5.41, 5.74) is 1.39. The Morgan fingerprint density at radius 1 is 1.23 bits per heavy atom. The SMILES string of the molecule is O=C(c1ccns1)N1CC(O)CC2(CCN(Cc3ccccc3)CC2)C1. The number of nitrogens with zero attached hydrogens (tertiary/aromatic N) is 3. The van der Waals surface area contributed by atoms with Crippen LogP contribution in [0.4, 0.5) is 0 Å². The second-order valence-electron chi connectivity index (χ2n) is 7.68. The zero-order chi connectivity index (χ0) is 18.0. The topological polar surface area (TPSA) is 56.7 Å². The monoisotopic (exact) mass is 371 g/mol. The van der Waals surface area contributed by atoms with E-state index >= 15 is 0 Å². The van der Waals surface area contributed by atoms with Crippen LogP contribution in [-0.2, 0) is 6.54 Å². The Hall–Kier alpha value is -1.76. The van der Waals surface area contributed by atoms with E-state index in [0.717, 1.165) is 45.4 Å². The number of benzene rings is 1. The minimum absolute atomic E-state index is 0.0114. The Kier molecular flexibility index (Phi) is 5.07. The van der Waals surface area contributed by atoms with Crippen molar-refractivity contribution in [3.63, 3.8) is 0 Å². The molecule has 1 aromatic carbocycles. The molecule has 1 atom stereocenters. The summed E-state index contributed by atoms with van der Waals surface area (Å²) in [6, 6.07) is 12.3. The van der Waals surface area contributed by atoms with Gasteiger partial charge >= 0.3 is 0 Å². The number of aromatic nitrogens is 1. The van der Waals surface area contributed by atoms with Crippen LogP contribution < -0.4 is 0 Å². The summed E-state index contributed by atoms with van der Waals surface area (Å²) >= 11 is 1.23. The Labute approximate surface area is 158 Å². The summed E-state index contributed by atoms with van der Waals surface area (Å²) in [5.74, 6) is 0.0114. The van der Waals surface area contributed by atoms with Gasteiger partial charge in [-0.05, 0) is 60.9 Å². The molecule has 2 aromatic rings. The van der Waals surface area contributed by atoms with Crippen molar-refractivity contribution in [2.45, 2.75) is 31.9 Å². The van der Waals surface area contributed by atoms with Gasteiger partial charge in [-0.1, -0.05) is 30.3 Å². The zero-order valence-electron chi connectivity index (χ0n) is 14.9. The first kappa shape index (κ1) is 17.6. The predicted molar refractivity (Wildman–Crippen MR) is 102 cm³/mol. The highest BCUT2D eigenvalue weighted by Gasteiger charge is 2.43. The van der Waals surface area contributed by atoms with Crippen molar-refractivity contribution in [2.75, 3.05) is 26.2 Å². The van der Waals surface area contributed by atoms with Crippen molar-refractivity contribution in [3.05, 3.63) is 53.0 Å². The molecule has 1 aromatic heterocycles. The Bertz CT molecular complexity index is 727. The van der Waals surface area contributed by atoms with Gasteiger partial charge in [0.2, 0.25) is 0 Å². The maximum Gasteiger partial charge on any atom is 0.265 e. The van der Waals surface area contributed by atoms with Crippen molar-refractivity contribution in [3.8, 4) is 0 Å². The number of hydrogen-bond donors (Lipinski definition) is 1. The van der Waals surface area contributed by atoms with E-state index in [2.05, 4.69) is 33.5 Å². The van der Waals surface area contributed by atoms with Crippen LogP contribution in [0.5, 0.6) is 0 Å². The third kappa shape index (κ3) is 3.82. The highest BCUT2D eigenvalue weighted by molar-refractivity contribution is 7.08. The number of hydrogen-bond acceptors (Lipinski definition) is 5. The van der Waals surface area contributed by atoms with Gasteiger partial charge in [-0.2, -0.15) is 0 Å². The van der Waals surface area contributed by atoms with E-state index in [1.54, 1.807) is 12.3 Å². The van der Waals surface area contributed by atoms with E-state index in [0.29, 0.717) is 11.4 Å². The number of carbonyl (C=O) groups excluding carboxylic acids is 1. The number of β-amino-alcohol motifs (C(OH)–C–C–N with tert-alkyl or cyclic N) is 1. The second kappa shape index (κ2) is 7.47. The fourth-order valence-electron chi connectivity index (χ4n) is 4.38. The van der Waals surface area contributed by atoms with Gasteiger partial charge in [0.05, 0.1) is 6.10 Å². The molecule has 4 rings (SSSR count). The molecule has 3 heterocycles. The van der Waals surface area contributed by atoms with Gasteiger partial charge in [0.15, 0.2) is 0 Å². The molecule has 1 unspecified atom stereocenters. The van der Waals surface area contributed by atoms with E-state index < -0.39 is 6.10 Å². The molecule has 138 valence electrons. The van der Waals surface area contributed by atoms with Crippen LogP contribution in [0.2, 0.25) is 0 Å². The molecule has 26 heavy (non-hydrogen) atoms. The number of aliphatic hydroxyl groups is 1. The highest BCUT2D eigenvalue weighted by atomic mass is 32.1. The van der Waals surface area contributed by atoms with Crippen LogP contribution in [0, 0.1) is 5.41 Å². The maximum absolute atomic E-state index is 12.7. The molecule has 0 saturated carbocycles. The van der Waals surface area contributed by atoms with Crippen LogP contribution in [0.1, 0.15) is 34.5 Å². The molecular weight excluding hydrogens is 346 g/mol. The van der Waals surface area contributed by atoms with E-state index in [1.807, 2.05) is 11.0 Å². The number of piperidine rings is 2. The van der Waals surface area contributed by atoms with Gasteiger partial charge in [-0.15, -0.1) is 0 Å². The van der Waals surface area contributed by atoms with Gasteiger partial charge in [-0.25, -0.2) is 4.37 Å². The molecule has 2 aliphatic rings. The molecule has 2 saturated heterocycles. The second-order valence-corrected chi connectivity index (χ2v) is 8.52. The summed E-state index contributed by atoms with van der Waals surface area (Å²) in [5, 5.41) is 10.4. The molecule has 0 aliphatic carbocycles. The molecule has 6 heteroatoms. The number of likely N-dealkylation sites (tertiary alicyclic amines) is 2. The Balaban J connectivity index is 1.40. The van der Waals surface area contributed by atoms with E-state index in [-0.39, 0.29) is 11.3 Å². The van der Waals surface area contributed by atoms with Crippen LogP contribution in [0.3, 0.4) is 0 Å². The van der Waals surface area contributed by atoms with Crippen molar-refractivity contribution in [2.24, 2.45) is 5.41 Å². The van der Waals surface area contributed by atoms with Gasteiger partial charge < -0.3 is 10.0 Å². The number of aliphatic hydroxyl groups excluding tert-OH is 1. The first-order chi connectivity index (χ1) is 12.6. The normalized spacial score (nSPS) is 23.3. The molecule has 2 aliphatic heterocycles. The summed E-state index contributed by atoms with van der Waals surface area (Å²) in [4.78, 5) is 17.7. The van der Waals surface area contributed by atoms with Gasteiger partial charge in [0, 0.05) is 25.8 Å². The van der Waals surface area contributed by atoms with Gasteiger partial charge in [0.1, 0.15) is 4.88 Å². The average molecular weight is 372 g/mol. The van der Waals surface area contributed by atoms with Gasteiger partial charge in [-0.3, -0.25) is 9.69 Å². The number of carbonyl (C=O) groups is 1. The predicted octanol–water partition coefficient (Wildman–Crippen LogP) is 2.63. The van der Waals surface area contributed by atoms with Crippen molar-refractivity contribution in [1.29, 1.82) is 0 Å². The highest BCUT2D eigenvalue weighted by Crippen LogP contribution is 2.40. The van der Waals surface area contributed by atoms with Gasteiger partial charge in [0.25, 0.3) is 5.91 Å². The maximum atomic E-state index is 12.7. The third-order valence-electron chi connectivity index (χ3n) is 5.73. The first-order valence-electron chi connectivity index (χ1n) is 9.28. The smallest absolute Gasteiger partial charge is 0.265 e. The standard InChI is InChI=1S/C20H25N3O2S/c24-17-12-20(15-23(14-17)19(25)18-6-9-21-26-18)7-10-22(11-8-20)13-16-4-2-1-3-5-16/h1-6,9,17,24H,7-8,10-15H2. The quantitative estimate of drug-likeness (QED) is 0.901. The van der Waals surface area contributed by atoms with Crippen molar-refractivity contribution >= 4 is 17.4 Å². The number of amides is 1. The lowest BCUT2D eigenvalue weighted by molar-refractivity contribution is -0.0335.